The Kier molecular flexibility index (Phi) is 2.53. The number of benzene rings is 3. The number of nitrogens with zero attached hydrogens (tertiary/aromatic N) is 2. The van der Waals surface area contributed by atoms with Crippen molar-refractivity contribution >= 4 is 22.8 Å². The third-order valence-corrected chi connectivity index (χ3v) is 4.43. The highest BCUT2D eigenvalue weighted by Gasteiger charge is 2.16. The van der Waals surface area contributed by atoms with Gasteiger partial charge in [-0.25, -0.2) is 0 Å². The number of hydrogen-bond acceptors (Lipinski definition) is 1. The van der Waals surface area contributed by atoms with Crippen LogP contribution in [0.5, 0.6) is 0 Å². The summed E-state index contributed by atoms with van der Waals surface area (Å²) in [5, 5.41) is 1.24. The smallest absolute Gasteiger partial charge is 0.0948 e. The van der Waals surface area contributed by atoms with Gasteiger partial charge in [-0.3, -0.25) is 4.99 Å². The van der Waals surface area contributed by atoms with Gasteiger partial charge in [0.25, 0.3) is 0 Å². The van der Waals surface area contributed by atoms with E-state index in [1.165, 1.54) is 16.5 Å². The number of aromatic nitrogens is 1. The van der Waals surface area contributed by atoms with Crippen LogP contribution in [0.1, 0.15) is 5.56 Å². The maximum absolute atomic E-state index is 4.83. The van der Waals surface area contributed by atoms with Crippen LogP contribution in [0.2, 0.25) is 0 Å². The molecule has 2 heterocycles. The van der Waals surface area contributed by atoms with Crippen LogP contribution in [0.4, 0.5) is 5.69 Å². The molecule has 108 valence electrons. The Hall–Kier alpha value is -3.13. The summed E-state index contributed by atoms with van der Waals surface area (Å²) in [6.45, 7) is 0. The van der Waals surface area contributed by atoms with Crippen LogP contribution in [-0.4, -0.2) is 10.8 Å². The molecule has 2 nitrogen and oxygen atoms in total. The lowest BCUT2D eigenvalue weighted by Crippen LogP contribution is -1.93. The van der Waals surface area contributed by atoms with E-state index in [-0.39, 0.29) is 0 Å². The second-order valence-corrected chi connectivity index (χ2v) is 5.77. The van der Waals surface area contributed by atoms with Crippen molar-refractivity contribution in [3.05, 3.63) is 84.6 Å². The molecule has 0 saturated heterocycles. The lowest BCUT2D eigenvalue weighted by atomic mass is 10.0. The zero-order valence-electron chi connectivity index (χ0n) is 12.5. The first-order chi connectivity index (χ1) is 11.4. The summed E-state index contributed by atoms with van der Waals surface area (Å²) < 4.78 is 2.25. The fourth-order valence-electron chi connectivity index (χ4n) is 3.37. The maximum atomic E-state index is 4.83. The predicted molar refractivity (Wildman–Crippen MR) is 96.0 cm³/mol. The summed E-state index contributed by atoms with van der Waals surface area (Å²) in [7, 11) is 0. The lowest BCUT2D eigenvalue weighted by Gasteiger charge is -2.12. The number of aliphatic imine (C=N–C) groups is 1. The Morgan fingerprint density at radius 1 is 0.739 bits per heavy atom. The third kappa shape index (κ3) is 1.78. The van der Waals surface area contributed by atoms with E-state index in [0.29, 0.717) is 0 Å². The van der Waals surface area contributed by atoms with Crippen molar-refractivity contribution in [2.75, 3.05) is 0 Å². The molecule has 2 heteroatoms. The van der Waals surface area contributed by atoms with Crippen LogP contribution < -0.4 is 0 Å². The van der Waals surface area contributed by atoms with Gasteiger partial charge in [-0.2, -0.15) is 0 Å². The summed E-state index contributed by atoms with van der Waals surface area (Å²) in [5.41, 5.74) is 6.88. The quantitative estimate of drug-likeness (QED) is 0.396. The van der Waals surface area contributed by atoms with E-state index >= 15 is 0 Å². The summed E-state index contributed by atoms with van der Waals surface area (Å²) in [5.74, 6) is 0. The Bertz CT molecular complexity index is 1060. The molecule has 5 rings (SSSR count). The average Bonchev–Trinajstić information content (AvgIpc) is 2.97. The number of hydrogen-bond donors (Lipinski definition) is 0. The first kappa shape index (κ1) is 12.4. The fraction of sp³-hybridized carbons (Fsp3) is 0. The summed E-state index contributed by atoms with van der Waals surface area (Å²) in [4.78, 5) is 4.83. The van der Waals surface area contributed by atoms with Crippen molar-refractivity contribution in [1.29, 1.82) is 0 Å². The van der Waals surface area contributed by atoms with E-state index in [9.17, 15) is 0 Å². The highest BCUT2D eigenvalue weighted by Crippen LogP contribution is 2.39. The van der Waals surface area contributed by atoms with Crippen LogP contribution >= 0.6 is 0 Å². The molecule has 4 aromatic rings. The molecule has 0 amide bonds. The molecule has 1 aromatic heterocycles. The number of rotatable bonds is 1. The first-order valence-electron chi connectivity index (χ1n) is 7.75. The second-order valence-electron chi connectivity index (χ2n) is 5.77. The van der Waals surface area contributed by atoms with Crippen LogP contribution in [0.25, 0.3) is 27.7 Å². The molecule has 0 atom stereocenters. The zero-order valence-corrected chi connectivity index (χ0v) is 12.5. The summed E-state index contributed by atoms with van der Waals surface area (Å²) >= 11 is 0. The van der Waals surface area contributed by atoms with E-state index in [0.717, 1.165) is 22.5 Å². The SMILES string of the molecule is C1=Nc2c(-c3ccccc3)cccc2-n2ccc3cccc1c32. The maximum Gasteiger partial charge on any atom is 0.0948 e. The molecule has 1 aliphatic heterocycles. The highest BCUT2D eigenvalue weighted by atomic mass is 15.0. The minimum Gasteiger partial charge on any atom is -0.314 e. The van der Waals surface area contributed by atoms with Gasteiger partial charge in [0, 0.05) is 28.9 Å². The van der Waals surface area contributed by atoms with Crippen molar-refractivity contribution in [2.45, 2.75) is 0 Å². The van der Waals surface area contributed by atoms with Gasteiger partial charge in [-0.1, -0.05) is 60.7 Å². The lowest BCUT2D eigenvalue weighted by molar-refractivity contribution is 1.13. The van der Waals surface area contributed by atoms with Crippen molar-refractivity contribution in [2.24, 2.45) is 4.99 Å². The summed E-state index contributed by atoms with van der Waals surface area (Å²) in [6, 6.07) is 25.3. The minimum absolute atomic E-state index is 1.02. The van der Waals surface area contributed by atoms with Crippen molar-refractivity contribution in [1.82, 2.24) is 4.57 Å². The molecule has 23 heavy (non-hydrogen) atoms. The van der Waals surface area contributed by atoms with Gasteiger partial charge in [0.2, 0.25) is 0 Å². The number of fused-ring (bicyclic) bond motifs is 2. The van der Waals surface area contributed by atoms with Crippen LogP contribution in [0, 0.1) is 0 Å². The molecule has 0 radical (unpaired) electrons. The van der Waals surface area contributed by atoms with E-state index < -0.39 is 0 Å². The number of para-hydroxylation sites is 2. The van der Waals surface area contributed by atoms with Crippen molar-refractivity contribution in [3.63, 3.8) is 0 Å². The van der Waals surface area contributed by atoms with Gasteiger partial charge in [0.15, 0.2) is 0 Å². The molecular weight excluding hydrogens is 280 g/mol. The van der Waals surface area contributed by atoms with E-state index in [1.807, 2.05) is 12.3 Å². The van der Waals surface area contributed by atoms with Gasteiger partial charge in [-0.05, 0) is 17.7 Å². The Balaban J connectivity index is 1.87. The zero-order chi connectivity index (χ0) is 15.2. The highest BCUT2D eigenvalue weighted by molar-refractivity contribution is 6.03. The minimum atomic E-state index is 1.02. The predicted octanol–water partition coefficient (Wildman–Crippen LogP) is 5.36. The monoisotopic (exact) mass is 294 g/mol. The van der Waals surface area contributed by atoms with Crippen molar-refractivity contribution in [3.8, 4) is 16.8 Å². The van der Waals surface area contributed by atoms with Crippen LogP contribution in [0.3, 0.4) is 0 Å². The van der Waals surface area contributed by atoms with Gasteiger partial charge >= 0.3 is 0 Å². The van der Waals surface area contributed by atoms with Gasteiger partial charge in [0.1, 0.15) is 0 Å². The normalized spacial score (nSPS) is 12.2. The third-order valence-electron chi connectivity index (χ3n) is 4.43. The standard InChI is InChI=1S/C21H14N2/c1-2-6-15(7-3-1)18-10-5-11-19-20(18)22-14-17-9-4-8-16-12-13-23(19)21(16)17/h1-14H. The summed E-state index contributed by atoms with van der Waals surface area (Å²) in [6.07, 6.45) is 4.12. The van der Waals surface area contributed by atoms with Crippen LogP contribution in [0.15, 0.2) is 84.0 Å². The molecule has 0 spiro atoms. The largest absolute Gasteiger partial charge is 0.314 e. The van der Waals surface area contributed by atoms with E-state index in [2.05, 4.69) is 77.5 Å². The van der Waals surface area contributed by atoms with Gasteiger partial charge in [0.05, 0.1) is 16.9 Å². The van der Waals surface area contributed by atoms with E-state index in [4.69, 9.17) is 4.99 Å². The molecule has 0 bridgehead atoms. The Morgan fingerprint density at radius 3 is 2.52 bits per heavy atom. The molecular formula is C21H14N2. The molecule has 0 N–H and O–H groups in total. The van der Waals surface area contributed by atoms with Crippen molar-refractivity contribution < 1.29 is 0 Å². The first-order valence-corrected chi connectivity index (χ1v) is 7.75. The van der Waals surface area contributed by atoms with E-state index in [1.54, 1.807) is 0 Å². The topological polar surface area (TPSA) is 17.3 Å². The van der Waals surface area contributed by atoms with Gasteiger partial charge in [-0.15, -0.1) is 0 Å². The molecule has 0 saturated carbocycles. The molecule has 0 unspecified atom stereocenters. The Morgan fingerprint density at radius 2 is 1.61 bits per heavy atom. The molecule has 0 fully saturated rings. The van der Waals surface area contributed by atoms with Gasteiger partial charge < -0.3 is 4.57 Å². The molecule has 3 aromatic carbocycles. The fourth-order valence-corrected chi connectivity index (χ4v) is 3.37. The second kappa shape index (κ2) is 4.68. The molecule has 1 aliphatic rings. The molecule has 0 aliphatic carbocycles. The average molecular weight is 294 g/mol. The Labute approximate surface area is 134 Å². The van der Waals surface area contributed by atoms with Crippen LogP contribution in [-0.2, 0) is 0 Å².